The Labute approximate surface area is 129 Å². The summed E-state index contributed by atoms with van der Waals surface area (Å²) >= 11 is 0. The smallest absolute Gasteiger partial charge is 0.254 e. The van der Waals surface area contributed by atoms with Gasteiger partial charge in [0.2, 0.25) is 0 Å². The highest BCUT2D eigenvalue weighted by Gasteiger charge is 2.24. The lowest BCUT2D eigenvalue weighted by atomic mass is 9.97. The van der Waals surface area contributed by atoms with Gasteiger partial charge >= 0.3 is 0 Å². The molecule has 1 aromatic heterocycles. The number of amides is 1. The van der Waals surface area contributed by atoms with Crippen molar-refractivity contribution in [3.05, 3.63) is 42.0 Å². The van der Waals surface area contributed by atoms with E-state index >= 15 is 0 Å². The van der Waals surface area contributed by atoms with E-state index in [-0.39, 0.29) is 18.4 Å². The molecule has 1 amide bonds. The molecule has 0 saturated carbocycles. The zero-order valence-electron chi connectivity index (χ0n) is 12.6. The summed E-state index contributed by atoms with van der Waals surface area (Å²) in [4.78, 5) is 18.5. The van der Waals surface area contributed by atoms with Crippen LogP contribution in [0.5, 0.6) is 0 Å². The Morgan fingerprint density at radius 2 is 2.32 bits per heavy atom. The number of aryl methyl sites for hydroxylation is 1. The van der Waals surface area contributed by atoms with Gasteiger partial charge in [-0.3, -0.25) is 4.79 Å². The first-order chi connectivity index (χ1) is 10.7. The molecule has 1 fully saturated rings. The number of aromatic nitrogens is 3. The second-order valence-electron chi connectivity index (χ2n) is 5.78. The number of piperidine rings is 1. The van der Waals surface area contributed by atoms with E-state index in [1.165, 1.54) is 6.33 Å². The van der Waals surface area contributed by atoms with Gasteiger partial charge in [-0.05, 0) is 49.4 Å². The molecule has 3 rings (SSSR count). The van der Waals surface area contributed by atoms with Crippen molar-refractivity contribution in [3.63, 3.8) is 0 Å². The first kappa shape index (κ1) is 14.7. The molecule has 0 bridgehead atoms. The van der Waals surface area contributed by atoms with Crippen LogP contribution in [0.15, 0.2) is 30.9 Å². The molecule has 0 aliphatic carbocycles. The first-order valence-electron chi connectivity index (χ1n) is 7.55. The van der Waals surface area contributed by atoms with Gasteiger partial charge in [-0.1, -0.05) is 0 Å². The minimum absolute atomic E-state index is 0.0424. The zero-order valence-corrected chi connectivity index (χ0v) is 12.6. The van der Waals surface area contributed by atoms with E-state index in [2.05, 4.69) is 10.1 Å². The van der Waals surface area contributed by atoms with Crippen molar-refractivity contribution in [2.75, 3.05) is 19.7 Å². The Kier molecular flexibility index (Phi) is 4.20. The van der Waals surface area contributed by atoms with Crippen molar-refractivity contribution in [2.24, 2.45) is 5.92 Å². The third-order valence-electron chi connectivity index (χ3n) is 4.19. The maximum atomic E-state index is 12.7. The van der Waals surface area contributed by atoms with Crippen molar-refractivity contribution in [2.45, 2.75) is 19.8 Å². The number of nitrogens with zero attached hydrogens (tertiary/aromatic N) is 4. The molecule has 1 atom stereocenters. The highest BCUT2D eigenvalue weighted by molar-refractivity contribution is 5.96. The van der Waals surface area contributed by atoms with Crippen molar-refractivity contribution in [1.29, 1.82) is 0 Å². The van der Waals surface area contributed by atoms with Crippen molar-refractivity contribution in [1.82, 2.24) is 19.7 Å². The van der Waals surface area contributed by atoms with E-state index < -0.39 is 0 Å². The molecular weight excluding hydrogens is 280 g/mol. The van der Waals surface area contributed by atoms with Gasteiger partial charge in [0.05, 0.1) is 5.69 Å². The van der Waals surface area contributed by atoms with Crippen LogP contribution in [0.3, 0.4) is 0 Å². The Morgan fingerprint density at radius 1 is 1.45 bits per heavy atom. The van der Waals surface area contributed by atoms with Crippen LogP contribution in [-0.2, 0) is 0 Å². The molecule has 22 heavy (non-hydrogen) atoms. The average molecular weight is 300 g/mol. The second-order valence-corrected chi connectivity index (χ2v) is 5.78. The predicted octanol–water partition coefficient (Wildman–Crippen LogP) is 1.42. The Morgan fingerprint density at radius 3 is 3.00 bits per heavy atom. The SMILES string of the molecule is Cc1cc(-n2cncn2)ccc1C(=O)N1CCCC(CO)C1. The summed E-state index contributed by atoms with van der Waals surface area (Å²) < 4.78 is 1.67. The molecule has 1 aliphatic heterocycles. The molecule has 1 aliphatic rings. The fourth-order valence-corrected chi connectivity index (χ4v) is 2.94. The monoisotopic (exact) mass is 300 g/mol. The summed E-state index contributed by atoms with van der Waals surface area (Å²) in [5.41, 5.74) is 2.52. The summed E-state index contributed by atoms with van der Waals surface area (Å²) in [6, 6.07) is 5.66. The van der Waals surface area contributed by atoms with E-state index in [1.807, 2.05) is 30.0 Å². The fourth-order valence-electron chi connectivity index (χ4n) is 2.94. The number of aliphatic hydroxyl groups is 1. The highest BCUT2D eigenvalue weighted by atomic mass is 16.3. The summed E-state index contributed by atoms with van der Waals surface area (Å²) in [5, 5.41) is 13.4. The van der Waals surface area contributed by atoms with Gasteiger partial charge in [-0.15, -0.1) is 0 Å². The van der Waals surface area contributed by atoms with E-state index in [0.717, 1.165) is 30.6 Å². The molecule has 116 valence electrons. The number of aliphatic hydroxyl groups excluding tert-OH is 1. The molecular formula is C16H20N4O2. The van der Waals surface area contributed by atoms with Crippen LogP contribution in [0.1, 0.15) is 28.8 Å². The predicted molar refractivity (Wildman–Crippen MR) is 81.8 cm³/mol. The van der Waals surface area contributed by atoms with Crippen LogP contribution in [-0.4, -0.2) is 50.4 Å². The number of benzene rings is 1. The minimum atomic E-state index is 0.0424. The van der Waals surface area contributed by atoms with E-state index in [0.29, 0.717) is 12.1 Å². The van der Waals surface area contributed by atoms with Crippen LogP contribution in [0.4, 0.5) is 0 Å². The average Bonchev–Trinajstić information content (AvgIpc) is 3.08. The maximum absolute atomic E-state index is 12.7. The van der Waals surface area contributed by atoms with Crippen molar-refractivity contribution >= 4 is 5.91 Å². The molecule has 0 spiro atoms. The van der Waals surface area contributed by atoms with E-state index in [9.17, 15) is 9.90 Å². The second kappa shape index (κ2) is 6.27. The van der Waals surface area contributed by atoms with Gasteiger partial charge in [0, 0.05) is 25.3 Å². The summed E-state index contributed by atoms with van der Waals surface area (Å²) in [5.74, 6) is 0.244. The van der Waals surface area contributed by atoms with Gasteiger partial charge in [0.1, 0.15) is 12.7 Å². The Bertz CT molecular complexity index is 654. The maximum Gasteiger partial charge on any atom is 0.254 e. The van der Waals surface area contributed by atoms with Gasteiger partial charge < -0.3 is 10.0 Å². The van der Waals surface area contributed by atoms with Gasteiger partial charge in [-0.25, -0.2) is 9.67 Å². The summed E-state index contributed by atoms with van der Waals surface area (Å²) in [6.45, 7) is 3.48. The number of hydrogen-bond donors (Lipinski definition) is 1. The van der Waals surface area contributed by atoms with Gasteiger partial charge in [0.15, 0.2) is 0 Å². The van der Waals surface area contributed by atoms with Gasteiger partial charge in [0.25, 0.3) is 5.91 Å². The van der Waals surface area contributed by atoms with Crippen molar-refractivity contribution in [3.8, 4) is 5.69 Å². The summed E-state index contributed by atoms with van der Waals surface area (Å²) in [7, 11) is 0. The Hall–Kier alpha value is -2.21. The first-order valence-corrected chi connectivity index (χ1v) is 7.55. The summed E-state index contributed by atoms with van der Waals surface area (Å²) in [6.07, 6.45) is 5.06. The molecule has 6 heteroatoms. The number of rotatable bonds is 3. The molecule has 0 radical (unpaired) electrons. The molecule has 2 aromatic rings. The fraction of sp³-hybridized carbons (Fsp3) is 0.438. The quantitative estimate of drug-likeness (QED) is 0.930. The van der Waals surface area contributed by atoms with Gasteiger partial charge in [-0.2, -0.15) is 5.10 Å². The lowest BCUT2D eigenvalue weighted by Gasteiger charge is -2.32. The number of carbonyl (C=O) groups is 1. The largest absolute Gasteiger partial charge is 0.396 e. The standard InChI is InChI=1S/C16H20N4O2/c1-12-7-14(20-11-17-10-18-20)4-5-15(12)16(22)19-6-2-3-13(8-19)9-21/h4-5,7,10-11,13,21H,2-3,6,8-9H2,1H3. The van der Waals surface area contributed by atoms with Crippen LogP contribution >= 0.6 is 0 Å². The zero-order chi connectivity index (χ0) is 15.5. The van der Waals surface area contributed by atoms with Crippen molar-refractivity contribution < 1.29 is 9.90 Å². The highest BCUT2D eigenvalue weighted by Crippen LogP contribution is 2.21. The molecule has 1 unspecified atom stereocenters. The number of likely N-dealkylation sites (tertiary alicyclic amines) is 1. The Balaban J connectivity index is 1.81. The van der Waals surface area contributed by atoms with Crippen LogP contribution < -0.4 is 0 Å². The topological polar surface area (TPSA) is 71.2 Å². The number of carbonyl (C=O) groups excluding carboxylic acids is 1. The van der Waals surface area contributed by atoms with Crippen LogP contribution in [0.2, 0.25) is 0 Å². The van der Waals surface area contributed by atoms with E-state index in [1.54, 1.807) is 11.0 Å². The third kappa shape index (κ3) is 2.87. The van der Waals surface area contributed by atoms with Crippen LogP contribution in [0, 0.1) is 12.8 Å². The molecule has 1 saturated heterocycles. The lowest BCUT2D eigenvalue weighted by Crippen LogP contribution is -2.41. The third-order valence-corrected chi connectivity index (χ3v) is 4.19. The lowest BCUT2D eigenvalue weighted by molar-refractivity contribution is 0.0620. The molecule has 1 aromatic carbocycles. The normalized spacial score (nSPS) is 18.5. The van der Waals surface area contributed by atoms with E-state index in [4.69, 9.17) is 0 Å². The molecule has 1 N–H and O–H groups in total. The molecule has 6 nitrogen and oxygen atoms in total. The van der Waals surface area contributed by atoms with Crippen LogP contribution in [0.25, 0.3) is 5.69 Å². The minimum Gasteiger partial charge on any atom is -0.396 e. The molecule has 2 heterocycles. The number of hydrogen-bond acceptors (Lipinski definition) is 4.